The van der Waals surface area contributed by atoms with E-state index in [-0.39, 0.29) is 72.6 Å². The maximum atomic E-state index is 13.3. The summed E-state index contributed by atoms with van der Waals surface area (Å²) in [6.07, 6.45) is 12.7. The lowest BCUT2D eigenvalue weighted by Gasteiger charge is -2.31. The minimum atomic E-state index is -1.03. The Kier molecular flexibility index (Phi) is 26.5. The molecule has 3 aromatic carbocycles. The van der Waals surface area contributed by atoms with Crippen LogP contribution in [0.3, 0.4) is 0 Å². The zero-order chi connectivity index (χ0) is 66.2. The highest BCUT2D eigenvalue weighted by atomic mass is 35.5. The van der Waals surface area contributed by atoms with Crippen molar-refractivity contribution >= 4 is 76.7 Å². The van der Waals surface area contributed by atoms with Crippen molar-refractivity contribution in [1.82, 2.24) is 30.7 Å². The molecule has 8 N–H and O–H groups in total. The minimum absolute atomic E-state index is 0.0204. The number of ether oxygens (including phenoxy) is 2. The smallest absolute Gasteiger partial charge is 0.326 e. The molecule has 0 radical (unpaired) electrons. The van der Waals surface area contributed by atoms with Gasteiger partial charge in [0.05, 0.1) is 31.3 Å². The molecule has 6 fully saturated rings. The first kappa shape index (κ1) is 71.6. The fourth-order valence-electron chi connectivity index (χ4n) is 14.5. The normalized spacial score (nSPS) is 24.8. The van der Waals surface area contributed by atoms with Gasteiger partial charge in [-0.1, -0.05) is 78.9 Å². The SMILES string of the molecule is CCOC(=O)[C@H](CCc1ccc(Cl)cc1)N[C@@H](C)C(=O)N1[C@H](C(=O)O)C[C@@H]2CCC[C@@H]21.CCOC(=O)[C@H](CCc1ccc(O)cc1)N[C@@H](C)C(=O)N1[C@H](C(=O)O)C[C@@H]2CCC[C@@H]21.C[C@H](N[C@@H](CCc1ccc(Cl)cc1)C(=O)O)C(=O)N1[C@H](C(=O)O)C[C@@H]2CCC[C@@H]21. The van der Waals surface area contributed by atoms with E-state index in [4.69, 9.17) is 32.7 Å². The van der Waals surface area contributed by atoms with Crippen LogP contribution in [0.15, 0.2) is 72.8 Å². The molecule has 3 aliphatic heterocycles. The van der Waals surface area contributed by atoms with Crippen LogP contribution in [0.1, 0.15) is 148 Å². The molecule has 0 aromatic heterocycles. The fourth-order valence-corrected chi connectivity index (χ4v) is 14.7. The first-order chi connectivity index (χ1) is 43.4. The number of esters is 2. The summed E-state index contributed by atoms with van der Waals surface area (Å²) >= 11 is 11.8. The molecule has 0 bridgehead atoms. The quantitative estimate of drug-likeness (QED) is 0.0357. The Labute approximate surface area is 542 Å². The number of likely N-dealkylation sites (tertiary alicyclic amines) is 3. The number of phenolic OH excluding ortho intramolecular Hbond substituents is 1. The maximum absolute atomic E-state index is 13.3. The number of nitrogens with zero attached hydrogens (tertiary/aromatic N) is 3. The zero-order valence-electron chi connectivity index (χ0n) is 52.6. The number of aryl methyl sites for hydroxylation is 3. The molecule has 498 valence electrons. The van der Waals surface area contributed by atoms with E-state index in [2.05, 4.69) is 16.0 Å². The van der Waals surface area contributed by atoms with Crippen LogP contribution in [0.25, 0.3) is 0 Å². The van der Waals surface area contributed by atoms with Gasteiger partial charge in [0.1, 0.15) is 42.0 Å². The van der Waals surface area contributed by atoms with Gasteiger partial charge in [-0.2, -0.15) is 0 Å². The van der Waals surface area contributed by atoms with E-state index in [0.717, 1.165) is 74.5 Å². The number of halogens is 2. The lowest BCUT2D eigenvalue weighted by Crippen LogP contribution is -2.55. The van der Waals surface area contributed by atoms with Crippen LogP contribution in [0.4, 0.5) is 0 Å². The lowest BCUT2D eigenvalue weighted by atomic mass is 10.0. The lowest BCUT2D eigenvalue weighted by molar-refractivity contribution is -0.151. The molecule has 3 aromatic rings. The number of benzene rings is 3. The van der Waals surface area contributed by atoms with Gasteiger partial charge in [-0.3, -0.25) is 44.7 Å². The zero-order valence-corrected chi connectivity index (χ0v) is 54.1. The molecule has 22 nitrogen and oxygen atoms in total. The monoisotopic (exact) mass is 1300 g/mol. The molecule has 9 rings (SSSR count). The van der Waals surface area contributed by atoms with Gasteiger partial charge in [-0.05, 0) is 202 Å². The maximum Gasteiger partial charge on any atom is 0.326 e. The molecule has 15 atom stereocenters. The predicted molar refractivity (Wildman–Crippen MR) is 338 cm³/mol. The molecular formula is C67H90Cl2N6O16. The van der Waals surface area contributed by atoms with Crippen molar-refractivity contribution in [2.45, 2.75) is 223 Å². The number of amides is 3. The molecule has 0 spiro atoms. The molecule has 3 saturated carbocycles. The number of nitrogens with one attached hydrogen (secondary N) is 3. The Balaban J connectivity index is 0.000000194. The number of aromatic hydroxyl groups is 1. The van der Waals surface area contributed by atoms with Gasteiger partial charge in [0.15, 0.2) is 0 Å². The summed E-state index contributed by atoms with van der Waals surface area (Å²) in [6.45, 7) is 8.93. The number of phenols is 1. The summed E-state index contributed by atoms with van der Waals surface area (Å²) in [5.41, 5.74) is 2.94. The summed E-state index contributed by atoms with van der Waals surface area (Å²) < 4.78 is 10.4. The average molecular weight is 1310 g/mol. The van der Waals surface area contributed by atoms with Crippen LogP contribution >= 0.6 is 23.2 Å². The highest BCUT2D eigenvalue weighted by Gasteiger charge is 2.52. The Bertz CT molecular complexity index is 2860. The van der Waals surface area contributed by atoms with Gasteiger partial charge in [0.25, 0.3) is 0 Å². The Morgan fingerprint density at radius 2 is 0.747 bits per heavy atom. The number of carbonyl (C=O) groups is 9. The summed E-state index contributed by atoms with van der Waals surface area (Å²) in [7, 11) is 0. The van der Waals surface area contributed by atoms with Gasteiger partial charge < -0.3 is 49.7 Å². The minimum Gasteiger partial charge on any atom is -0.508 e. The second kappa shape index (κ2) is 33.6. The summed E-state index contributed by atoms with van der Waals surface area (Å²) in [5, 5.41) is 58.2. The van der Waals surface area contributed by atoms with Crippen LogP contribution in [0.2, 0.25) is 10.0 Å². The number of aliphatic carboxylic acids is 4. The molecular weight excluding hydrogens is 1220 g/mol. The molecule has 3 saturated heterocycles. The largest absolute Gasteiger partial charge is 0.508 e. The van der Waals surface area contributed by atoms with Crippen LogP contribution in [0, 0.1) is 17.8 Å². The highest BCUT2D eigenvalue weighted by molar-refractivity contribution is 6.30. The van der Waals surface area contributed by atoms with Gasteiger partial charge in [-0.25, -0.2) is 14.4 Å². The first-order valence-electron chi connectivity index (χ1n) is 32.2. The standard InChI is InChI=1S/C23H31ClN2O5.C23H32N2O6.C21H27ClN2O5/c1-3-31-23(30)18(12-9-15-7-10-17(24)11-8-15)25-14(2)21(27)26-19-6-4-5-16(19)13-20(26)22(28)29;1-3-31-23(30)18(12-9-15-7-10-17(26)11-8-15)24-14(2)21(27)25-19-6-4-5-16(19)13-20(25)22(28)29;1-12(19(25)24-17-4-2-3-14(17)11-18(24)21(28)29)23-16(20(26)27)10-7-13-5-8-15(22)9-6-13/h7-8,10-11,14,16,18-20,25H,3-6,9,12-13H2,1-2H3,(H,28,29);7-8,10-11,14,16,18-20,24,26H,3-6,9,12-13H2,1-2H3,(H,28,29);5-6,8-9,12,14,16-18,23H,2-4,7,10-11H2,1H3,(H,26,27)(H,28,29)/t2*14-,16-,18-,19-,20-;12-,14-,16-,17-,18-/m000/s1. The van der Waals surface area contributed by atoms with Crippen molar-refractivity contribution in [1.29, 1.82) is 0 Å². The first-order valence-corrected chi connectivity index (χ1v) is 32.9. The van der Waals surface area contributed by atoms with E-state index >= 15 is 0 Å². The van der Waals surface area contributed by atoms with Crippen LogP contribution in [-0.4, -0.2) is 179 Å². The van der Waals surface area contributed by atoms with Gasteiger partial charge in [0, 0.05) is 28.2 Å². The van der Waals surface area contributed by atoms with Gasteiger partial charge >= 0.3 is 35.8 Å². The van der Waals surface area contributed by atoms with Crippen LogP contribution < -0.4 is 16.0 Å². The fraction of sp³-hybridized carbons (Fsp3) is 0.597. The van der Waals surface area contributed by atoms with E-state index in [1.165, 1.54) is 4.90 Å². The average Bonchev–Trinajstić information content (AvgIpc) is 1.79. The molecule has 0 unspecified atom stereocenters. The molecule has 3 amide bonds. The second-order valence-electron chi connectivity index (χ2n) is 25.0. The molecule has 91 heavy (non-hydrogen) atoms. The Morgan fingerprint density at radius 3 is 1.03 bits per heavy atom. The van der Waals surface area contributed by atoms with Crippen LogP contribution in [0.5, 0.6) is 5.75 Å². The predicted octanol–water partition coefficient (Wildman–Crippen LogP) is 7.68. The molecule has 24 heteroatoms. The van der Waals surface area contributed by atoms with Crippen molar-refractivity contribution < 1.29 is 78.2 Å². The highest BCUT2D eigenvalue weighted by Crippen LogP contribution is 2.44. The van der Waals surface area contributed by atoms with Crippen LogP contribution in [-0.2, 0) is 71.9 Å². The number of carboxylic acid groups (broad SMARTS) is 4. The molecule has 6 aliphatic rings. The number of carbonyl (C=O) groups excluding carboxylic acids is 5. The number of rotatable bonds is 26. The van der Waals surface area contributed by atoms with Gasteiger partial charge in [-0.15, -0.1) is 0 Å². The van der Waals surface area contributed by atoms with E-state index in [1.54, 1.807) is 92.9 Å². The summed E-state index contributed by atoms with van der Waals surface area (Å²) in [6, 6.07) is 14.4. The summed E-state index contributed by atoms with van der Waals surface area (Å²) in [5.74, 6) is -4.76. The number of hydrogen-bond donors (Lipinski definition) is 8. The van der Waals surface area contributed by atoms with E-state index in [1.807, 2.05) is 24.3 Å². The van der Waals surface area contributed by atoms with Crippen molar-refractivity contribution in [2.75, 3.05) is 13.2 Å². The van der Waals surface area contributed by atoms with Crippen molar-refractivity contribution in [3.05, 3.63) is 99.5 Å². The topological polar surface area (TPSA) is 319 Å². The number of fused-ring (bicyclic) bond motifs is 3. The molecule has 3 aliphatic carbocycles. The second-order valence-corrected chi connectivity index (χ2v) is 25.9. The van der Waals surface area contributed by atoms with Crippen molar-refractivity contribution in [3.63, 3.8) is 0 Å². The third kappa shape index (κ3) is 18.9. The third-order valence-electron chi connectivity index (χ3n) is 19.0. The van der Waals surface area contributed by atoms with E-state index in [9.17, 15) is 68.7 Å². The van der Waals surface area contributed by atoms with Crippen molar-refractivity contribution in [2.24, 2.45) is 17.8 Å². The van der Waals surface area contributed by atoms with E-state index < -0.39 is 90.2 Å². The Morgan fingerprint density at radius 1 is 0.462 bits per heavy atom. The number of carboxylic acids is 4. The van der Waals surface area contributed by atoms with Crippen molar-refractivity contribution in [3.8, 4) is 5.75 Å². The number of hydrogen-bond acceptors (Lipinski definition) is 15. The van der Waals surface area contributed by atoms with Gasteiger partial charge in [0.2, 0.25) is 17.7 Å². The molecule has 3 heterocycles. The third-order valence-corrected chi connectivity index (χ3v) is 19.5. The summed E-state index contributed by atoms with van der Waals surface area (Å²) in [4.78, 5) is 116. The van der Waals surface area contributed by atoms with E-state index in [0.29, 0.717) is 67.8 Å². The Hall–Kier alpha value is -6.85.